The summed E-state index contributed by atoms with van der Waals surface area (Å²) < 4.78 is 0. The highest BCUT2D eigenvalue weighted by atomic mass is 32.1. The molecule has 4 heteroatoms. The van der Waals surface area contributed by atoms with Crippen LogP contribution in [0.15, 0.2) is 17.5 Å². The number of nitrogens with one attached hydrogen (secondary N) is 2. The first-order chi connectivity index (χ1) is 7.33. The second-order valence-corrected chi connectivity index (χ2v) is 4.35. The van der Waals surface area contributed by atoms with Gasteiger partial charge in [-0.3, -0.25) is 4.79 Å². The summed E-state index contributed by atoms with van der Waals surface area (Å²) in [6.07, 6.45) is 1.50. The van der Waals surface area contributed by atoms with Crippen LogP contribution in [0.1, 0.15) is 18.2 Å². The van der Waals surface area contributed by atoms with Gasteiger partial charge in [0.25, 0.3) is 0 Å². The zero-order chi connectivity index (χ0) is 10.9. The van der Waals surface area contributed by atoms with E-state index in [2.05, 4.69) is 17.6 Å². The number of thiophene rings is 1. The third-order valence-electron chi connectivity index (χ3n) is 2.02. The van der Waals surface area contributed by atoms with Crippen LogP contribution in [0.2, 0.25) is 0 Å². The van der Waals surface area contributed by atoms with Crippen LogP contribution < -0.4 is 10.6 Å². The summed E-state index contributed by atoms with van der Waals surface area (Å²) in [5, 5.41) is 8.12. The molecule has 0 saturated carbocycles. The van der Waals surface area contributed by atoms with E-state index in [9.17, 15) is 4.79 Å². The average molecular weight is 226 g/mol. The monoisotopic (exact) mass is 226 g/mol. The maximum Gasteiger partial charge on any atom is 0.225 e. The summed E-state index contributed by atoms with van der Waals surface area (Å²) in [5.41, 5.74) is 0. The summed E-state index contributed by atoms with van der Waals surface area (Å²) >= 11 is 1.63. The van der Waals surface area contributed by atoms with E-state index in [4.69, 9.17) is 0 Å². The highest BCUT2D eigenvalue weighted by molar-refractivity contribution is 7.10. The van der Waals surface area contributed by atoms with Crippen LogP contribution in [-0.4, -0.2) is 25.5 Å². The topological polar surface area (TPSA) is 41.1 Å². The van der Waals surface area contributed by atoms with Gasteiger partial charge >= 0.3 is 0 Å². The van der Waals surface area contributed by atoms with Crippen molar-refractivity contribution in [2.45, 2.75) is 19.8 Å². The van der Waals surface area contributed by atoms with Gasteiger partial charge in [-0.05, 0) is 31.0 Å². The van der Waals surface area contributed by atoms with Gasteiger partial charge in [0, 0.05) is 11.4 Å². The third kappa shape index (κ3) is 5.54. The van der Waals surface area contributed by atoms with E-state index < -0.39 is 0 Å². The molecule has 3 nitrogen and oxygen atoms in total. The molecule has 0 fully saturated rings. The van der Waals surface area contributed by atoms with Crippen molar-refractivity contribution in [1.82, 2.24) is 10.6 Å². The molecular formula is C11H18N2OS. The largest absolute Gasteiger partial charge is 0.356 e. The lowest BCUT2D eigenvalue weighted by molar-refractivity contribution is -0.120. The molecule has 0 unspecified atom stereocenters. The maximum absolute atomic E-state index is 11.4. The third-order valence-corrected chi connectivity index (χ3v) is 2.89. The van der Waals surface area contributed by atoms with Crippen LogP contribution in [-0.2, 0) is 11.2 Å². The van der Waals surface area contributed by atoms with Gasteiger partial charge in [0.05, 0.1) is 6.42 Å². The van der Waals surface area contributed by atoms with Crippen LogP contribution >= 0.6 is 11.3 Å². The maximum atomic E-state index is 11.4. The molecule has 1 aromatic rings. The van der Waals surface area contributed by atoms with Crippen molar-refractivity contribution in [3.63, 3.8) is 0 Å². The molecule has 0 atom stereocenters. The predicted octanol–water partition coefficient (Wildman–Crippen LogP) is 1.41. The minimum absolute atomic E-state index is 0.119. The molecule has 0 aliphatic heterocycles. The molecule has 1 heterocycles. The van der Waals surface area contributed by atoms with Gasteiger partial charge in [-0.1, -0.05) is 13.0 Å². The van der Waals surface area contributed by atoms with Crippen molar-refractivity contribution in [2.75, 3.05) is 19.6 Å². The Labute approximate surface area is 94.9 Å². The fourth-order valence-electron chi connectivity index (χ4n) is 1.25. The second kappa shape index (κ2) is 7.43. The van der Waals surface area contributed by atoms with Crippen LogP contribution in [0.25, 0.3) is 0 Å². The van der Waals surface area contributed by atoms with Crippen molar-refractivity contribution >= 4 is 17.2 Å². The molecule has 15 heavy (non-hydrogen) atoms. The lowest BCUT2D eigenvalue weighted by Gasteiger charge is -2.04. The zero-order valence-electron chi connectivity index (χ0n) is 9.08. The molecule has 0 aliphatic carbocycles. The molecule has 84 valence electrons. The fourth-order valence-corrected chi connectivity index (χ4v) is 1.96. The molecule has 0 saturated heterocycles. The highest BCUT2D eigenvalue weighted by Gasteiger charge is 2.02. The molecule has 1 aromatic heterocycles. The minimum Gasteiger partial charge on any atom is -0.356 e. The SMILES string of the molecule is CCNCCCNC(=O)Cc1cccs1. The van der Waals surface area contributed by atoms with Gasteiger partial charge in [-0.25, -0.2) is 0 Å². The highest BCUT2D eigenvalue weighted by Crippen LogP contribution is 2.08. The molecule has 0 radical (unpaired) electrons. The van der Waals surface area contributed by atoms with Crippen LogP contribution in [0.5, 0.6) is 0 Å². The predicted molar refractivity (Wildman–Crippen MR) is 64.2 cm³/mol. The Balaban J connectivity index is 2.04. The Morgan fingerprint density at radius 3 is 3.00 bits per heavy atom. The van der Waals surface area contributed by atoms with Crippen molar-refractivity contribution in [2.24, 2.45) is 0 Å². The first-order valence-corrected chi connectivity index (χ1v) is 6.20. The van der Waals surface area contributed by atoms with E-state index in [0.29, 0.717) is 6.42 Å². The van der Waals surface area contributed by atoms with Crippen LogP contribution in [0.4, 0.5) is 0 Å². The summed E-state index contributed by atoms with van der Waals surface area (Å²) in [5.74, 6) is 0.119. The van der Waals surface area contributed by atoms with Crippen LogP contribution in [0, 0.1) is 0 Å². The Kier molecular flexibility index (Phi) is 6.04. The summed E-state index contributed by atoms with van der Waals surface area (Å²) in [7, 11) is 0. The van der Waals surface area contributed by atoms with Crippen molar-refractivity contribution in [1.29, 1.82) is 0 Å². The summed E-state index contributed by atoms with van der Waals surface area (Å²) in [4.78, 5) is 12.5. The Bertz CT molecular complexity index is 272. The Hall–Kier alpha value is -0.870. The fraction of sp³-hybridized carbons (Fsp3) is 0.545. The summed E-state index contributed by atoms with van der Waals surface area (Å²) in [6.45, 7) is 4.80. The normalized spacial score (nSPS) is 10.2. The lowest BCUT2D eigenvalue weighted by Crippen LogP contribution is -2.28. The van der Waals surface area contributed by atoms with Gasteiger partial charge < -0.3 is 10.6 Å². The minimum atomic E-state index is 0.119. The molecule has 0 aromatic carbocycles. The van der Waals surface area contributed by atoms with Gasteiger partial charge in [0.2, 0.25) is 5.91 Å². The van der Waals surface area contributed by atoms with E-state index in [1.165, 1.54) is 0 Å². The number of carbonyl (C=O) groups excluding carboxylic acids is 1. The van der Waals surface area contributed by atoms with Crippen molar-refractivity contribution < 1.29 is 4.79 Å². The van der Waals surface area contributed by atoms with E-state index >= 15 is 0 Å². The average Bonchev–Trinajstić information content (AvgIpc) is 2.70. The molecule has 0 spiro atoms. The van der Waals surface area contributed by atoms with E-state index in [0.717, 1.165) is 30.9 Å². The van der Waals surface area contributed by atoms with E-state index in [1.807, 2.05) is 17.5 Å². The first-order valence-electron chi connectivity index (χ1n) is 5.32. The lowest BCUT2D eigenvalue weighted by atomic mass is 10.3. The Morgan fingerprint density at radius 1 is 1.47 bits per heavy atom. The number of amides is 1. The van der Waals surface area contributed by atoms with E-state index in [-0.39, 0.29) is 5.91 Å². The molecule has 1 amide bonds. The quantitative estimate of drug-likeness (QED) is 0.690. The number of carbonyl (C=O) groups is 1. The van der Waals surface area contributed by atoms with E-state index in [1.54, 1.807) is 11.3 Å². The first kappa shape index (κ1) is 12.2. The zero-order valence-corrected chi connectivity index (χ0v) is 9.90. The van der Waals surface area contributed by atoms with Gasteiger partial charge in [-0.2, -0.15) is 0 Å². The van der Waals surface area contributed by atoms with Crippen LogP contribution in [0.3, 0.4) is 0 Å². The Morgan fingerprint density at radius 2 is 2.33 bits per heavy atom. The number of hydrogen-bond donors (Lipinski definition) is 2. The molecule has 0 aliphatic rings. The summed E-state index contributed by atoms with van der Waals surface area (Å²) in [6, 6.07) is 3.96. The molecule has 2 N–H and O–H groups in total. The smallest absolute Gasteiger partial charge is 0.225 e. The number of hydrogen-bond acceptors (Lipinski definition) is 3. The second-order valence-electron chi connectivity index (χ2n) is 3.31. The molecular weight excluding hydrogens is 208 g/mol. The van der Waals surface area contributed by atoms with Gasteiger partial charge in [0.15, 0.2) is 0 Å². The van der Waals surface area contributed by atoms with Crippen molar-refractivity contribution in [3.05, 3.63) is 22.4 Å². The van der Waals surface area contributed by atoms with Gasteiger partial charge in [-0.15, -0.1) is 11.3 Å². The molecule has 1 rings (SSSR count). The number of rotatable bonds is 7. The van der Waals surface area contributed by atoms with Gasteiger partial charge in [0.1, 0.15) is 0 Å². The molecule has 0 bridgehead atoms. The van der Waals surface area contributed by atoms with Crippen molar-refractivity contribution in [3.8, 4) is 0 Å². The standard InChI is InChI=1S/C11H18N2OS/c1-2-12-6-4-7-13-11(14)9-10-5-3-8-15-10/h3,5,8,12H,2,4,6-7,9H2,1H3,(H,13,14).